The van der Waals surface area contributed by atoms with Crippen molar-refractivity contribution in [2.45, 2.75) is 12.5 Å². The number of carbonyl (C=O) groups is 2. The molecule has 0 radical (unpaired) electrons. The molecule has 2 N–H and O–H groups in total. The lowest BCUT2D eigenvalue weighted by Gasteiger charge is -2.31. The maximum absolute atomic E-state index is 12.1. The number of likely N-dealkylation sites (N-methyl/N-ethyl adjacent to an activating group) is 1. The molecule has 0 unspecified atom stereocenters. The maximum atomic E-state index is 12.1. The lowest BCUT2D eigenvalue weighted by atomic mass is 10.1. The molecule has 0 bridgehead atoms. The summed E-state index contributed by atoms with van der Waals surface area (Å²) >= 11 is 0. The second-order valence-electron chi connectivity index (χ2n) is 5.45. The minimum atomic E-state index is -1.26. The van der Waals surface area contributed by atoms with Gasteiger partial charge in [0.2, 0.25) is 0 Å². The number of carbonyl (C=O) groups excluding carboxylic acids is 2. The first-order valence-electron chi connectivity index (χ1n) is 7.18. The summed E-state index contributed by atoms with van der Waals surface area (Å²) in [7, 11) is 2.08. The summed E-state index contributed by atoms with van der Waals surface area (Å²) in [6, 6.07) is 7.88. The summed E-state index contributed by atoms with van der Waals surface area (Å²) in [5, 5.41) is 13.8. The highest BCUT2D eigenvalue weighted by atomic mass is 16.4. The fourth-order valence-electron chi connectivity index (χ4n) is 2.37. The SMILES string of the molecule is C[NH+]1CCN(C(=O)N[C@@H](Cc2ccccc2)C(=O)[O-])CC1. The molecule has 1 saturated heterocycles. The first-order valence-corrected chi connectivity index (χ1v) is 7.18. The molecule has 1 aliphatic heterocycles. The van der Waals surface area contributed by atoms with Crippen LogP contribution in [0.15, 0.2) is 30.3 Å². The Morgan fingerprint density at radius 1 is 1.29 bits per heavy atom. The number of hydrogen-bond donors (Lipinski definition) is 2. The molecule has 1 atom stereocenters. The van der Waals surface area contributed by atoms with Crippen LogP contribution in [0.25, 0.3) is 0 Å². The molecule has 1 aromatic carbocycles. The molecule has 0 aromatic heterocycles. The van der Waals surface area contributed by atoms with E-state index < -0.39 is 12.0 Å². The van der Waals surface area contributed by atoms with Gasteiger partial charge in [-0.15, -0.1) is 0 Å². The summed E-state index contributed by atoms with van der Waals surface area (Å²) in [5.74, 6) is -1.26. The van der Waals surface area contributed by atoms with Crippen molar-refractivity contribution < 1.29 is 19.6 Å². The van der Waals surface area contributed by atoms with Gasteiger partial charge in [-0.3, -0.25) is 0 Å². The highest BCUT2D eigenvalue weighted by Gasteiger charge is 2.23. The Kier molecular flexibility index (Phi) is 5.16. The number of urea groups is 1. The third-order valence-electron chi connectivity index (χ3n) is 3.77. The number of benzene rings is 1. The minimum Gasteiger partial charge on any atom is -0.548 e. The van der Waals surface area contributed by atoms with E-state index in [0.717, 1.165) is 18.7 Å². The molecule has 114 valence electrons. The summed E-state index contributed by atoms with van der Waals surface area (Å²) < 4.78 is 0. The van der Waals surface area contributed by atoms with Crippen molar-refractivity contribution in [3.05, 3.63) is 35.9 Å². The van der Waals surface area contributed by atoms with Crippen molar-refractivity contribution in [2.75, 3.05) is 33.2 Å². The lowest BCUT2D eigenvalue weighted by molar-refractivity contribution is -0.883. The molecule has 1 aromatic rings. The van der Waals surface area contributed by atoms with Gasteiger partial charge in [0, 0.05) is 0 Å². The Hall–Kier alpha value is -2.08. The molecule has 6 heteroatoms. The van der Waals surface area contributed by atoms with E-state index in [9.17, 15) is 14.7 Å². The first kappa shape index (κ1) is 15.3. The van der Waals surface area contributed by atoms with Gasteiger partial charge in [0.15, 0.2) is 0 Å². The number of aliphatic carboxylic acids is 1. The molecule has 1 fully saturated rings. The van der Waals surface area contributed by atoms with E-state index in [1.54, 1.807) is 4.90 Å². The zero-order valence-corrected chi connectivity index (χ0v) is 12.2. The van der Waals surface area contributed by atoms with Gasteiger partial charge in [-0.05, 0) is 12.0 Å². The van der Waals surface area contributed by atoms with Crippen LogP contribution in [0, 0.1) is 0 Å². The fourth-order valence-corrected chi connectivity index (χ4v) is 2.37. The van der Waals surface area contributed by atoms with Crippen LogP contribution in [0.3, 0.4) is 0 Å². The molecule has 0 saturated carbocycles. The van der Waals surface area contributed by atoms with Gasteiger partial charge < -0.3 is 25.0 Å². The van der Waals surface area contributed by atoms with E-state index in [0.29, 0.717) is 13.1 Å². The van der Waals surface area contributed by atoms with Crippen LogP contribution in [0.2, 0.25) is 0 Å². The fraction of sp³-hybridized carbons (Fsp3) is 0.467. The molecule has 6 nitrogen and oxygen atoms in total. The molecule has 2 rings (SSSR count). The third-order valence-corrected chi connectivity index (χ3v) is 3.77. The first-order chi connectivity index (χ1) is 10.1. The molecule has 1 heterocycles. The molecule has 0 aliphatic carbocycles. The highest BCUT2D eigenvalue weighted by molar-refractivity contribution is 5.81. The van der Waals surface area contributed by atoms with E-state index in [2.05, 4.69) is 12.4 Å². The number of rotatable bonds is 4. The second kappa shape index (κ2) is 7.08. The second-order valence-corrected chi connectivity index (χ2v) is 5.45. The van der Waals surface area contributed by atoms with Crippen LogP contribution < -0.4 is 15.3 Å². The van der Waals surface area contributed by atoms with Crippen LogP contribution in [-0.4, -0.2) is 56.2 Å². The van der Waals surface area contributed by atoms with Crippen LogP contribution in [0.4, 0.5) is 4.79 Å². The van der Waals surface area contributed by atoms with Crippen molar-refractivity contribution in [3.63, 3.8) is 0 Å². The number of nitrogens with one attached hydrogen (secondary N) is 2. The van der Waals surface area contributed by atoms with Gasteiger partial charge in [-0.1, -0.05) is 30.3 Å². The van der Waals surface area contributed by atoms with Crippen molar-refractivity contribution in [1.82, 2.24) is 10.2 Å². The lowest BCUT2D eigenvalue weighted by Crippen LogP contribution is -3.12. The van der Waals surface area contributed by atoms with Crippen molar-refractivity contribution in [2.24, 2.45) is 0 Å². The molecular formula is C15H21N3O3. The number of nitrogens with zero attached hydrogens (tertiary/aromatic N) is 1. The number of piperazine rings is 1. The molecular weight excluding hydrogens is 270 g/mol. The molecule has 1 aliphatic rings. The van der Waals surface area contributed by atoms with E-state index >= 15 is 0 Å². The van der Waals surface area contributed by atoms with E-state index in [1.165, 1.54) is 4.90 Å². The summed E-state index contributed by atoms with van der Waals surface area (Å²) in [5.41, 5.74) is 0.856. The van der Waals surface area contributed by atoms with E-state index in [-0.39, 0.29) is 12.5 Å². The van der Waals surface area contributed by atoms with Gasteiger partial charge in [-0.2, -0.15) is 0 Å². The Balaban J connectivity index is 1.93. The smallest absolute Gasteiger partial charge is 0.318 e. The van der Waals surface area contributed by atoms with Crippen molar-refractivity contribution >= 4 is 12.0 Å². The minimum absolute atomic E-state index is 0.230. The van der Waals surface area contributed by atoms with Gasteiger partial charge in [0.1, 0.15) is 0 Å². The van der Waals surface area contributed by atoms with Gasteiger partial charge in [0.25, 0.3) is 0 Å². The van der Waals surface area contributed by atoms with Crippen molar-refractivity contribution in [3.8, 4) is 0 Å². The van der Waals surface area contributed by atoms with E-state index in [4.69, 9.17) is 0 Å². The topological polar surface area (TPSA) is 76.9 Å². The van der Waals surface area contributed by atoms with Gasteiger partial charge in [0.05, 0.1) is 45.2 Å². The maximum Gasteiger partial charge on any atom is 0.318 e. The van der Waals surface area contributed by atoms with Crippen LogP contribution in [0.1, 0.15) is 5.56 Å². The standard InChI is InChI=1S/C15H21N3O3/c1-17-7-9-18(10-8-17)15(21)16-13(14(19)20)11-12-5-3-2-4-6-12/h2-6,13H,7-11H2,1H3,(H,16,21)(H,19,20)/t13-/m0/s1. The predicted octanol–water partition coefficient (Wildman–Crippen LogP) is -2.11. The molecule has 21 heavy (non-hydrogen) atoms. The van der Waals surface area contributed by atoms with Crippen LogP contribution >= 0.6 is 0 Å². The number of quaternary nitrogens is 1. The normalized spacial score (nSPS) is 17.3. The van der Waals surface area contributed by atoms with Crippen molar-refractivity contribution in [1.29, 1.82) is 0 Å². The number of amides is 2. The number of carboxylic acids is 1. The van der Waals surface area contributed by atoms with Gasteiger partial charge in [-0.25, -0.2) is 4.79 Å². The summed E-state index contributed by atoms with van der Waals surface area (Å²) in [6.07, 6.45) is 0.230. The largest absolute Gasteiger partial charge is 0.548 e. The Bertz CT molecular complexity index is 484. The highest BCUT2D eigenvalue weighted by Crippen LogP contribution is 2.03. The quantitative estimate of drug-likeness (QED) is 0.666. The zero-order valence-electron chi connectivity index (χ0n) is 12.2. The Morgan fingerprint density at radius 2 is 1.90 bits per heavy atom. The summed E-state index contributed by atoms with van der Waals surface area (Å²) in [6.45, 7) is 3.04. The molecule has 2 amide bonds. The van der Waals surface area contributed by atoms with E-state index in [1.807, 2.05) is 30.3 Å². The summed E-state index contributed by atoms with van der Waals surface area (Å²) in [4.78, 5) is 26.4. The third kappa shape index (κ3) is 4.46. The Labute approximate surface area is 124 Å². The monoisotopic (exact) mass is 291 g/mol. The zero-order chi connectivity index (χ0) is 15.2. The number of hydrogen-bond acceptors (Lipinski definition) is 3. The predicted molar refractivity (Wildman–Crippen MR) is 75.7 cm³/mol. The Morgan fingerprint density at radius 3 is 2.48 bits per heavy atom. The van der Waals surface area contributed by atoms with Crippen LogP contribution in [-0.2, 0) is 11.2 Å². The molecule has 0 spiro atoms. The van der Waals surface area contributed by atoms with Crippen LogP contribution in [0.5, 0.6) is 0 Å². The average Bonchev–Trinajstić information content (AvgIpc) is 2.48. The average molecular weight is 291 g/mol. The number of carboxylic acid groups (broad SMARTS) is 1. The van der Waals surface area contributed by atoms with Gasteiger partial charge >= 0.3 is 6.03 Å².